The zero-order chi connectivity index (χ0) is 11.5. The molecule has 1 atom stereocenters. The van der Waals surface area contributed by atoms with Crippen molar-refractivity contribution in [2.45, 2.75) is 39.2 Å². The summed E-state index contributed by atoms with van der Waals surface area (Å²) < 4.78 is 0. The summed E-state index contributed by atoms with van der Waals surface area (Å²) in [6, 6.07) is 0. The Kier molecular flexibility index (Phi) is 3.97. The molecule has 4 heteroatoms. The lowest BCUT2D eigenvalue weighted by atomic mass is 9.99. The minimum absolute atomic E-state index is 0.129. The van der Waals surface area contributed by atoms with Crippen LogP contribution in [0.5, 0.6) is 0 Å². The molecule has 1 fully saturated rings. The SMILES string of the molecule is CC(C)(C)N=C(N)N1CCCC(CO)C1. The number of guanidine groups is 1. The first kappa shape index (κ1) is 12.3. The summed E-state index contributed by atoms with van der Waals surface area (Å²) in [6.45, 7) is 8.15. The van der Waals surface area contributed by atoms with Crippen LogP contribution in [0.1, 0.15) is 33.6 Å². The summed E-state index contributed by atoms with van der Waals surface area (Å²) in [6.07, 6.45) is 2.18. The van der Waals surface area contributed by atoms with E-state index in [0.29, 0.717) is 11.9 Å². The Bertz CT molecular complexity index is 232. The molecule has 0 aliphatic carbocycles. The third-order valence-corrected chi connectivity index (χ3v) is 2.55. The number of nitrogens with two attached hydrogens (primary N) is 1. The van der Waals surface area contributed by atoms with Gasteiger partial charge in [0.15, 0.2) is 5.96 Å². The number of aliphatic hydroxyl groups is 1. The Balaban J connectivity index is 2.59. The van der Waals surface area contributed by atoms with Crippen LogP contribution < -0.4 is 5.73 Å². The maximum Gasteiger partial charge on any atom is 0.191 e. The molecule has 1 aliphatic rings. The number of aliphatic imine (C=N–C) groups is 1. The fraction of sp³-hybridized carbons (Fsp3) is 0.909. The molecular weight excluding hydrogens is 190 g/mol. The normalized spacial score (nSPS) is 24.4. The van der Waals surface area contributed by atoms with Gasteiger partial charge in [0.25, 0.3) is 0 Å². The lowest BCUT2D eigenvalue weighted by Crippen LogP contribution is -2.45. The minimum atomic E-state index is -0.129. The van der Waals surface area contributed by atoms with E-state index in [0.717, 1.165) is 25.9 Å². The van der Waals surface area contributed by atoms with E-state index in [9.17, 15) is 0 Å². The quantitative estimate of drug-likeness (QED) is 0.500. The van der Waals surface area contributed by atoms with Crippen LogP contribution in [0.15, 0.2) is 4.99 Å². The van der Waals surface area contributed by atoms with Gasteiger partial charge < -0.3 is 15.7 Å². The molecule has 1 rings (SSSR count). The van der Waals surface area contributed by atoms with Gasteiger partial charge in [-0.05, 0) is 39.5 Å². The van der Waals surface area contributed by atoms with Gasteiger partial charge in [-0.15, -0.1) is 0 Å². The fourth-order valence-electron chi connectivity index (χ4n) is 1.84. The van der Waals surface area contributed by atoms with Crippen LogP contribution in [-0.4, -0.2) is 41.2 Å². The maximum atomic E-state index is 9.12. The summed E-state index contributed by atoms with van der Waals surface area (Å²) in [5.41, 5.74) is 5.82. The first-order valence-electron chi connectivity index (χ1n) is 5.63. The second-order valence-electron chi connectivity index (χ2n) is 5.28. The molecule has 0 aromatic rings. The average molecular weight is 213 g/mol. The summed E-state index contributed by atoms with van der Waals surface area (Å²) in [5.74, 6) is 0.966. The minimum Gasteiger partial charge on any atom is -0.396 e. The molecule has 1 unspecified atom stereocenters. The van der Waals surface area contributed by atoms with Gasteiger partial charge in [-0.3, -0.25) is 0 Å². The first-order chi connectivity index (χ1) is 6.92. The standard InChI is InChI=1S/C11H23N3O/c1-11(2,3)13-10(12)14-6-4-5-9(7-14)8-15/h9,15H,4-8H2,1-3H3,(H2,12,13). The lowest BCUT2D eigenvalue weighted by molar-refractivity contribution is 0.159. The smallest absolute Gasteiger partial charge is 0.191 e. The molecule has 1 heterocycles. The molecular formula is C11H23N3O. The van der Waals surface area contributed by atoms with E-state index in [1.807, 2.05) is 20.8 Å². The number of likely N-dealkylation sites (tertiary alicyclic amines) is 1. The molecule has 0 aromatic carbocycles. The highest BCUT2D eigenvalue weighted by Crippen LogP contribution is 2.16. The summed E-state index contributed by atoms with van der Waals surface area (Å²) in [4.78, 5) is 6.52. The zero-order valence-corrected chi connectivity index (χ0v) is 10.0. The molecule has 0 radical (unpaired) electrons. The Morgan fingerprint density at radius 2 is 2.20 bits per heavy atom. The van der Waals surface area contributed by atoms with Crippen LogP contribution >= 0.6 is 0 Å². The van der Waals surface area contributed by atoms with Gasteiger partial charge in [0, 0.05) is 19.7 Å². The van der Waals surface area contributed by atoms with Gasteiger partial charge in [0.05, 0.1) is 5.54 Å². The van der Waals surface area contributed by atoms with Crippen molar-refractivity contribution in [3.63, 3.8) is 0 Å². The summed E-state index contributed by atoms with van der Waals surface area (Å²) >= 11 is 0. The molecule has 0 aromatic heterocycles. The first-order valence-corrected chi connectivity index (χ1v) is 5.63. The van der Waals surface area contributed by atoms with Crippen LogP contribution in [-0.2, 0) is 0 Å². The number of rotatable bonds is 1. The van der Waals surface area contributed by atoms with E-state index in [2.05, 4.69) is 9.89 Å². The predicted molar refractivity (Wildman–Crippen MR) is 62.8 cm³/mol. The monoisotopic (exact) mass is 213 g/mol. The Morgan fingerprint density at radius 3 is 2.73 bits per heavy atom. The molecule has 88 valence electrons. The van der Waals surface area contributed by atoms with Crippen LogP contribution in [0, 0.1) is 5.92 Å². The van der Waals surface area contributed by atoms with Crippen molar-refractivity contribution >= 4 is 5.96 Å². The Labute approximate surface area is 92.2 Å². The van der Waals surface area contributed by atoms with Gasteiger partial charge in [0.2, 0.25) is 0 Å². The number of hydrogen-bond acceptors (Lipinski definition) is 2. The zero-order valence-electron chi connectivity index (χ0n) is 10.0. The lowest BCUT2D eigenvalue weighted by Gasteiger charge is -2.33. The van der Waals surface area contributed by atoms with E-state index >= 15 is 0 Å². The highest BCUT2D eigenvalue weighted by molar-refractivity contribution is 5.78. The molecule has 0 spiro atoms. The molecule has 0 saturated carbocycles. The van der Waals surface area contributed by atoms with Crippen LogP contribution in [0.3, 0.4) is 0 Å². The van der Waals surface area contributed by atoms with Crippen molar-refractivity contribution in [1.82, 2.24) is 4.90 Å². The number of piperidine rings is 1. The Hall–Kier alpha value is -0.770. The number of aliphatic hydroxyl groups excluding tert-OH is 1. The van der Waals surface area contributed by atoms with E-state index in [1.165, 1.54) is 0 Å². The van der Waals surface area contributed by atoms with Crippen LogP contribution in [0.4, 0.5) is 0 Å². The number of hydrogen-bond donors (Lipinski definition) is 2. The topological polar surface area (TPSA) is 61.8 Å². The third-order valence-electron chi connectivity index (χ3n) is 2.55. The average Bonchev–Trinajstić information content (AvgIpc) is 2.15. The van der Waals surface area contributed by atoms with Crippen molar-refractivity contribution in [2.24, 2.45) is 16.6 Å². The van der Waals surface area contributed by atoms with E-state index in [-0.39, 0.29) is 12.1 Å². The second-order valence-corrected chi connectivity index (χ2v) is 5.28. The molecule has 1 aliphatic heterocycles. The van der Waals surface area contributed by atoms with E-state index in [1.54, 1.807) is 0 Å². The maximum absolute atomic E-state index is 9.12. The molecule has 3 N–H and O–H groups in total. The molecule has 15 heavy (non-hydrogen) atoms. The predicted octanol–water partition coefficient (Wildman–Crippen LogP) is 0.804. The largest absolute Gasteiger partial charge is 0.396 e. The third kappa shape index (κ3) is 4.08. The van der Waals surface area contributed by atoms with Gasteiger partial charge >= 0.3 is 0 Å². The van der Waals surface area contributed by atoms with Crippen molar-refractivity contribution in [3.8, 4) is 0 Å². The van der Waals surface area contributed by atoms with Crippen molar-refractivity contribution in [2.75, 3.05) is 19.7 Å². The highest BCUT2D eigenvalue weighted by atomic mass is 16.3. The van der Waals surface area contributed by atoms with Crippen molar-refractivity contribution < 1.29 is 5.11 Å². The van der Waals surface area contributed by atoms with Crippen molar-refractivity contribution in [3.05, 3.63) is 0 Å². The van der Waals surface area contributed by atoms with Gasteiger partial charge in [-0.25, -0.2) is 4.99 Å². The molecule has 1 saturated heterocycles. The summed E-state index contributed by atoms with van der Waals surface area (Å²) in [7, 11) is 0. The van der Waals surface area contributed by atoms with E-state index in [4.69, 9.17) is 10.8 Å². The van der Waals surface area contributed by atoms with Crippen LogP contribution in [0.25, 0.3) is 0 Å². The highest BCUT2D eigenvalue weighted by Gasteiger charge is 2.21. The van der Waals surface area contributed by atoms with Gasteiger partial charge in [0.1, 0.15) is 0 Å². The second kappa shape index (κ2) is 4.84. The Morgan fingerprint density at radius 1 is 1.53 bits per heavy atom. The molecule has 4 nitrogen and oxygen atoms in total. The van der Waals surface area contributed by atoms with E-state index < -0.39 is 0 Å². The fourth-order valence-corrected chi connectivity index (χ4v) is 1.84. The van der Waals surface area contributed by atoms with Gasteiger partial charge in [-0.2, -0.15) is 0 Å². The molecule has 0 bridgehead atoms. The van der Waals surface area contributed by atoms with Gasteiger partial charge in [-0.1, -0.05) is 0 Å². The number of nitrogens with zero attached hydrogens (tertiary/aromatic N) is 2. The molecule has 0 amide bonds. The van der Waals surface area contributed by atoms with Crippen LogP contribution in [0.2, 0.25) is 0 Å². The summed E-state index contributed by atoms with van der Waals surface area (Å²) in [5, 5.41) is 9.12. The van der Waals surface area contributed by atoms with Crippen molar-refractivity contribution in [1.29, 1.82) is 0 Å².